The molecule has 0 aliphatic carbocycles. The first kappa shape index (κ1) is 15.3. The largest absolute Gasteiger partial charge is 0.497 e. The molecular formula is C16H13N5O3. The first-order chi connectivity index (χ1) is 11.7. The van der Waals surface area contributed by atoms with Gasteiger partial charge in [0.05, 0.1) is 12.0 Å². The molecular weight excluding hydrogens is 310 g/mol. The van der Waals surface area contributed by atoms with Gasteiger partial charge in [-0.25, -0.2) is 9.97 Å². The molecule has 0 bridgehead atoms. The van der Waals surface area contributed by atoms with Crippen LogP contribution in [0, 0.1) is 10.1 Å². The lowest BCUT2D eigenvalue weighted by Gasteiger charge is -2.07. The minimum Gasteiger partial charge on any atom is -0.497 e. The zero-order valence-corrected chi connectivity index (χ0v) is 12.7. The van der Waals surface area contributed by atoms with E-state index in [2.05, 4.69) is 20.3 Å². The molecule has 0 fully saturated rings. The van der Waals surface area contributed by atoms with Gasteiger partial charge in [-0.15, -0.1) is 0 Å². The van der Waals surface area contributed by atoms with E-state index in [0.717, 1.165) is 5.56 Å². The molecule has 1 heterocycles. The van der Waals surface area contributed by atoms with Crippen LogP contribution in [-0.2, 0) is 0 Å². The highest BCUT2D eigenvalue weighted by Crippen LogP contribution is 2.23. The summed E-state index contributed by atoms with van der Waals surface area (Å²) in [5, 5.41) is 13.8. The van der Waals surface area contributed by atoms with Crippen molar-refractivity contribution < 1.29 is 9.66 Å². The van der Waals surface area contributed by atoms with Crippen molar-refractivity contribution in [1.29, 1.82) is 0 Å². The standard InChI is InChI=1S/C16H13N5O3/c1-24-14-7-2-4-11(8-14)15-17-10-18-16(20-15)19-12-5-3-6-13(9-12)21(22)23/h2-10H,1H3,(H,17,18,19,20). The lowest BCUT2D eigenvalue weighted by Crippen LogP contribution is -2.00. The number of hydrogen-bond acceptors (Lipinski definition) is 7. The lowest BCUT2D eigenvalue weighted by atomic mass is 10.2. The van der Waals surface area contributed by atoms with Crippen LogP contribution in [0.25, 0.3) is 11.4 Å². The molecule has 8 heteroatoms. The average Bonchev–Trinajstić information content (AvgIpc) is 2.62. The molecule has 0 spiro atoms. The van der Waals surface area contributed by atoms with Crippen LogP contribution in [0.5, 0.6) is 5.75 Å². The Balaban J connectivity index is 1.88. The molecule has 1 N–H and O–H groups in total. The van der Waals surface area contributed by atoms with Gasteiger partial charge in [-0.1, -0.05) is 18.2 Å². The molecule has 0 aliphatic rings. The van der Waals surface area contributed by atoms with E-state index in [9.17, 15) is 10.1 Å². The number of benzene rings is 2. The minimum absolute atomic E-state index is 0.0120. The molecule has 2 aromatic carbocycles. The van der Waals surface area contributed by atoms with Gasteiger partial charge in [0.2, 0.25) is 5.95 Å². The quantitative estimate of drug-likeness (QED) is 0.568. The van der Waals surface area contributed by atoms with Gasteiger partial charge in [-0.05, 0) is 18.2 Å². The van der Waals surface area contributed by atoms with Crippen molar-refractivity contribution in [3.05, 3.63) is 65.0 Å². The van der Waals surface area contributed by atoms with Gasteiger partial charge in [0.1, 0.15) is 12.1 Å². The SMILES string of the molecule is COc1cccc(-c2ncnc(Nc3cccc([N+](=O)[O-])c3)n2)c1. The number of non-ortho nitro benzene ring substituents is 1. The first-order valence-corrected chi connectivity index (χ1v) is 7.00. The maximum absolute atomic E-state index is 10.8. The van der Waals surface area contributed by atoms with E-state index in [1.807, 2.05) is 24.3 Å². The molecule has 0 radical (unpaired) electrons. The van der Waals surface area contributed by atoms with Crippen molar-refractivity contribution in [1.82, 2.24) is 15.0 Å². The zero-order chi connectivity index (χ0) is 16.9. The summed E-state index contributed by atoms with van der Waals surface area (Å²) in [5.41, 5.74) is 1.29. The second kappa shape index (κ2) is 6.69. The molecule has 0 saturated heterocycles. The topological polar surface area (TPSA) is 103 Å². The fraction of sp³-hybridized carbons (Fsp3) is 0.0625. The summed E-state index contributed by atoms with van der Waals surface area (Å²) in [6.07, 6.45) is 1.38. The molecule has 0 unspecified atom stereocenters. The highest BCUT2D eigenvalue weighted by molar-refractivity contribution is 5.61. The monoisotopic (exact) mass is 323 g/mol. The van der Waals surface area contributed by atoms with Gasteiger partial charge >= 0.3 is 0 Å². The number of ether oxygens (including phenoxy) is 1. The van der Waals surface area contributed by atoms with Crippen molar-refractivity contribution in [3.63, 3.8) is 0 Å². The number of nitro groups is 1. The van der Waals surface area contributed by atoms with Gasteiger partial charge < -0.3 is 10.1 Å². The first-order valence-electron chi connectivity index (χ1n) is 7.00. The Kier molecular flexibility index (Phi) is 4.28. The molecule has 8 nitrogen and oxygen atoms in total. The van der Waals surface area contributed by atoms with Gasteiger partial charge in [0.15, 0.2) is 5.82 Å². The number of nitrogens with one attached hydrogen (secondary N) is 1. The number of rotatable bonds is 5. The fourth-order valence-electron chi connectivity index (χ4n) is 2.08. The Morgan fingerprint density at radius 1 is 1.12 bits per heavy atom. The van der Waals surface area contributed by atoms with E-state index in [4.69, 9.17) is 4.74 Å². The molecule has 1 aromatic heterocycles. The van der Waals surface area contributed by atoms with E-state index in [0.29, 0.717) is 23.2 Å². The number of aromatic nitrogens is 3. The van der Waals surface area contributed by atoms with Crippen LogP contribution < -0.4 is 10.1 Å². The van der Waals surface area contributed by atoms with E-state index in [1.165, 1.54) is 18.5 Å². The van der Waals surface area contributed by atoms with Crippen molar-refractivity contribution in [3.8, 4) is 17.1 Å². The Morgan fingerprint density at radius 3 is 2.75 bits per heavy atom. The summed E-state index contributed by atoms with van der Waals surface area (Å²) in [4.78, 5) is 22.9. The number of nitrogens with zero attached hydrogens (tertiary/aromatic N) is 4. The van der Waals surface area contributed by atoms with Crippen LogP contribution in [0.4, 0.5) is 17.3 Å². The predicted molar refractivity (Wildman–Crippen MR) is 88.2 cm³/mol. The third-order valence-corrected chi connectivity index (χ3v) is 3.21. The Labute approximate surface area is 137 Å². The smallest absolute Gasteiger partial charge is 0.271 e. The third kappa shape index (κ3) is 3.43. The second-order valence-corrected chi connectivity index (χ2v) is 4.80. The normalized spacial score (nSPS) is 10.2. The zero-order valence-electron chi connectivity index (χ0n) is 12.7. The highest BCUT2D eigenvalue weighted by atomic mass is 16.6. The molecule has 120 valence electrons. The number of anilines is 2. The summed E-state index contributed by atoms with van der Waals surface area (Å²) in [5.74, 6) is 1.46. The number of methoxy groups -OCH3 is 1. The molecule has 0 aliphatic heterocycles. The maximum atomic E-state index is 10.8. The summed E-state index contributed by atoms with van der Waals surface area (Å²) in [6, 6.07) is 13.4. The molecule has 0 saturated carbocycles. The van der Waals surface area contributed by atoms with Crippen molar-refractivity contribution in [2.24, 2.45) is 0 Å². The van der Waals surface area contributed by atoms with Crippen LogP contribution in [0.15, 0.2) is 54.9 Å². The van der Waals surface area contributed by atoms with Gasteiger partial charge in [-0.3, -0.25) is 10.1 Å². The summed E-state index contributed by atoms with van der Waals surface area (Å²) >= 11 is 0. The fourth-order valence-corrected chi connectivity index (χ4v) is 2.08. The molecule has 3 rings (SSSR count). The average molecular weight is 323 g/mol. The lowest BCUT2D eigenvalue weighted by molar-refractivity contribution is -0.384. The van der Waals surface area contributed by atoms with Crippen LogP contribution in [0.1, 0.15) is 0 Å². The number of hydrogen-bond donors (Lipinski definition) is 1. The van der Waals surface area contributed by atoms with Crippen molar-refractivity contribution >= 4 is 17.3 Å². The third-order valence-electron chi connectivity index (χ3n) is 3.21. The van der Waals surface area contributed by atoms with Crippen LogP contribution in [-0.4, -0.2) is 27.0 Å². The van der Waals surface area contributed by atoms with E-state index < -0.39 is 4.92 Å². The summed E-state index contributed by atoms with van der Waals surface area (Å²) < 4.78 is 5.19. The Hall–Kier alpha value is -3.55. The Morgan fingerprint density at radius 2 is 1.96 bits per heavy atom. The van der Waals surface area contributed by atoms with Crippen LogP contribution >= 0.6 is 0 Å². The second-order valence-electron chi connectivity index (χ2n) is 4.80. The molecule has 3 aromatic rings. The van der Waals surface area contributed by atoms with Crippen LogP contribution in [0.3, 0.4) is 0 Å². The van der Waals surface area contributed by atoms with E-state index in [1.54, 1.807) is 19.2 Å². The Bertz CT molecular complexity index is 885. The molecule has 0 amide bonds. The molecule has 24 heavy (non-hydrogen) atoms. The number of nitro benzene ring substituents is 1. The summed E-state index contributed by atoms with van der Waals surface area (Å²) in [6.45, 7) is 0. The van der Waals surface area contributed by atoms with Gasteiger partial charge in [0, 0.05) is 23.4 Å². The van der Waals surface area contributed by atoms with Crippen molar-refractivity contribution in [2.75, 3.05) is 12.4 Å². The van der Waals surface area contributed by atoms with Gasteiger partial charge in [-0.2, -0.15) is 4.98 Å². The van der Waals surface area contributed by atoms with E-state index in [-0.39, 0.29) is 5.69 Å². The van der Waals surface area contributed by atoms with Crippen LogP contribution in [0.2, 0.25) is 0 Å². The van der Waals surface area contributed by atoms with Crippen molar-refractivity contribution in [2.45, 2.75) is 0 Å². The summed E-state index contributed by atoms with van der Waals surface area (Å²) in [7, 11) is 1.59. The maximum Gasteiger partial charge on any atom is 0.271 e. The minimum atomic E-state index is -0.458. The van der Waals surface area contributed by atoms with Gasteiger partial charge in [0.25, 0.3) is 5.69 Å². The predicted octanol–water partition coefficient (Wildman–Crippen LogP) is 3.20. The highest BCUT2D eigenvalue weighted by Gasteiger charge is 2.08. The van der Waals surface area contributed by atoms with E-state index >= 15 is 0 Å². The molecule has 0 atom stereocenters.